The third-order valence-electron chi connectivity index (χ3n) is 3.38. The molecule has 0 saturated heterocycles. The topological polar surface area (TPSA) is 35.2 Å². The Bertz CT molecular complexity index is 531. The van der Waals surface area contributed by atoms with E-state index in [0.717, 1.165) is 30.9 Å². The number of benzene rings is 2. The predicted octanol–water partition coefficient (Wildman–Crippen LogP) is 4.40. The molecule has 0 aromatic heterocycles. The first kappa shape index (κ1) is 14.4. The van der Waals surface area contributed by atoms with Gasteiger partial charge in [-0.1, -0.05) is 38.1 Å². The normalized spacial score (nSPS) is 10.8. The molecule has 0 amide bonds. The maximum absolute atomic E-state index is 5.82. The van der Waals surface area contributed by atoms with E-state index < -0.39 is 0 Å². The second-order valence-electron chi connectivity index (χ2n) is 5.42. The second kappa shape index (κ2) is 6.99. The Hall–Kier alpha value is -1.96. The second-order valence-corrected chi connectivity index (χ2v) is 5.42. The van der Waals surface area contributed by atoms with Gasteiger partial charge in [0.1, 0.15) is 5.75 Å². The number of nitrogens with two attached hydrogens (primary N) is 1. The van der Waals surface area contributed by atoms with Crippen LogP contribution in [0.25, 0.3) is 0 Å². The van der Waals surface area contributed by atoms with Gasteiger partial charge in [-0.3, -0.25) is 0 Å². The Labute approximate surface area is 121 Å². The van der Waals surface area contributed by atoms with E-state index in [0.29, 0.717) is 5.92 Å². The van der Waals surface area contributed by atoms with Crippen LogP contribution in [-0.4, -0.2) is 6.61 Å². The summed E-state index contributed by atoms with van der Waals surface area (Å²) in [5.41, 5.74) is 9.11. The monoisotopic (exact) mass is 269 g/mol. The lowest BCUT2D eigenvalue weighted by atomic mass is 10.0. The van der Waals surface area contributed by atoms with Gasteiger partial charge in [-0.05, 0) is 54.2 Å². The molecule has 0 radical (unpaired) electrons. The molecule has 0 atom stereocenters. The lowest BCUT2D eigenvalue weighted by Crippen LogP contribution is -2.00. The van der Waals surface area contributed by atoms with Gasteiger partial charge in [0.25, 0.3) is 0 Å². The zero-order valence-corrected chi connectivity index (χ0v) is 12.3. The highest BCUT2D eigenvalue weighted by Gasteiger charge is 2.01. The maximum Gasteiger partial charge on any atom is 0.119 e. The zero-order chi connectivity index (χ0) is 14.4. The first-order valence-corrected chi connectivity index (χ1v) is 7.22. The van der Waals surface area contributed by atoms with Gasteiger partial charge in [-0.2, -0.15) is 0 Å². The number of aryl methyl sites for hydroxylation is 1. The average Bonchev–Trinajstić information content (AvgIpc) is 2.46. The average molecular weight is 269 g/mol. The summed E-state index contributed by atoms with van der Waals surface area (Å²) in [6.07, 6.45) is 2.03. The molecule has 0 spiro atoms. The molecule has 0 aliphatic heterocycles. The molecular formula is C18H23NO. The molecule has 0 fully saturated rings. The van der Waals surface area contributed by atoms with Crippen LogP contribution in [0.2, 0.25) is 0 Å². The Balaban J connectivity index is 1.78. The molecule has 2 nitrogen and oxygen atoms in total. The van der Waals surface area contributed by atoms with Crippen molar-refractivity contribution < 1.29 is 4.74 Å². The molecular weight excluding hydrogens is 246 g/mol. The largest absolute Gasteiger partial charge is 0.494 e. The first-order valence-electron chi connectivity index (χ1n) is 7.22. The fourth-order valence-electron chi connectivity index (χ4n) is 2.11. The molecule has 2 heteroatoms. The number of anilines is 1. The van der Waals surface area contributed by atoms with Gasteiger partial charge < -0.3 is 10.5 Å². The Kier molecular flexibility index (Phi) is 5.05. The number of nitrogen functional groups attached to an aromatic ring is 1. The van der Waals surface area contributed by atoms with Crippen molar-refractivity contribution in [3.63, 3.8) is 0 Å². The maximum atomic E-state index is 5.82. The van der Waals surface area contributed by atoms with Crippen molar-refractivity contribution in [2.75, 3.05) is 12.3 Å². The minimum absolute atomic E-state index is 0.535. The van der Waals surface area contributed by atoms with E-state index in [9.17, 15) is 0 Å². The van der Waals surface area contributed by atoms with Crippen LogP contribution in [-0.2, 0) is 6.42 Å². The third-order valence-corrected chi connectivity index (χ3v) is 3.38. The Morgan fingerprint density at radius 2 is 1.80 bits per heavy atom. The molecule has 0 heterocycles. The summed E-state index contributed by atoms with van der Waals surface area (Å²) in [7, 11) is 0. The molecule has 0 aliphatic carbocycles. The number of ether oxygens (including phenoxy) is 1. The lowest BCUT2D eigenvalue weighted by Gasteiger charge is -2.10. The van der Waals surface area contributed by atoms with Gasteiger partial charge >= 0.3 is 0 Å². The highest BCUT2D eigenvalue weighted by atomic mass is 16.5. The van der Waals surface area contributed by atoms with Gasteiger partial charge in [0.2, 0.25) is 0 Å². The summed E-state index contributed by atoms with van der Waals surface area (Å²) in [6.45, 7) is 5.13. The SMILES string of the molecule is CC(C)c1cccc(OCCCc2ccc(N)cc2)c1. The predicted molar refractivity (Wildman–Crippen MR) is 85.2 cm³/mol. The van der Waals surface area contributed by atoms with Gasteiger partial charge in [0.05, 0.1) is 6.61 Å². The molecule has 0 aliphatic rings. The quantitative estimate of drug-likeness (QED) is 0.623. The van der Waals surface area contributed by atoms with Crippen molar-refractivity contribution in [1.29, 1.82) is 0 Å². The van der Waals surface area contributed by atoms with Gasteiger partial charge in [-0.25, -0.2) is 0 Å². The first-order chi connectivity index (χ1) is 9.65. The lowest BCUT2D eigenvalue weighted by molar-refractivity contribution is 0.310. The van der Waals surface area contributed by atoms with E-state index >= 15 is 0 Å². The van der Waals surface area contributed by atoms with Crippen LogP contribution in [0.3, 0.4) is 0 Å². The Morgan fingerprint density at radius 1 is 1.05 bits per heavy atom. The smallest absolute Gasteiger partial charge is 0.119 e. The van der Waals surface area contributed by atoms with Crippen molar-refractivity contribution in [2.45, 2.75) is 32.6 Å². The van der Waals surface area contributed by atoms with E-state index in [1.165, 1.54) is 11.1 Å². The molecule has 20 heavy (non-hydrogen) atoms. The summed E-state index contributed by atoms with van der Waals surface area (Å²) in [5.74, 6) is 1.50. The van der Waals surface area contributed by atoms with Crippen LogP contribution in [0, 0.1) is 0 Å². The standard InChI is InChI=1S/C18H23NO/c1-14(2)16-6-3-7-18(13-16)20-12-4-5-15-8-10-17(19)11-9-15/h3,6-11,13-14H,4-5,12,19H2,1-2H3. The highest BCUT2D eigenvalue weighted by Crippen LogP contribution is 2.20. The fraction of sp³-hybridized carbons (Fsp3) is 0.333. The van der Waals surface area contributed by atoms with E-state index in [4.69, 9.17) is 10.5 Å². The molecule has 0 unspecified atom stereocenters. The zero-order valence-electron chi connectivity index (χ0n) is 12.3. The van der Waals surface area contributed by atoms with Crippen molar-refractivity contribution >= 4 is 5.69 Å². The van der Waals surface area contributed by atoms with Crippen molar-refractivity contribution in [2.24, 2.45) is 0 Å². The molecule has 106 valence electrons. The number of rotatable bonds is 6. The van der Waals surface area contributed by atoms with Crippen LogP contribution >= 0.6 is 0 Å². The van der Waals surface area contributed by atoms with E-state index in [-0.39, 0.29) is 0 Å². The number of hydrogen-bond acceptors (Lipinski definition) is 2. The summed E-state index contributed by atoms with van der Waals surface area (Å²) in [6, 6.07) is 16.4. The van der Waals surface area contributed by atoms with Gasteiger partial charge in [-0.15, -0.1) is 0 Å². The molecule has 2 N–H and O–H groups in total. The molecule has 0 bridgehead atoms. The van der Waals surface area contributed by atoms with Crippen LogP contribution in [0.4, 0.5) is 5.69 Å². The van der Waals surface area contributed by atoms with Crippen molar-refractivity contribution in [3.05, 3.63) is 59.7 Å². The van der Waals surface area contributed by atoms with Crippen molar-refractivity contribution in [1.82, 2.24) is 0 Å². The summed E-state index contributed by atoms with van der Waals surface area (Å²) < 4.78 is 5.82. The molecule has 2 aromatic carbocycles. The molecule has 2 rings (SSSR count). The van der Waals surface area contributed by atoms with Crippen LogP contribution < -0.4 is 10.5 Å². The van der Waals surface area contributed by atoms with Crippen LogP contribution in [0.1, 0.15) is 37.3 Å². The Morgan fingerprint density at radius 3 is 2.50 bits per heavy atom. The van der Waals surface area contributed by atoms with E-state index in [1.807, 2.05) is 18.2 Å². The van der Waals surface area contributed by atoms with Crippen molar-refractivity contribution in [3.8, 4) is 5.75 Å². The van der Waals surface area contributed by atoms with Gasteiger partial charge in [0.15, 0.2) is 0 Å². The van der Waals surface area contributed by atoms with Crippen LogP contribution in [0.5, 0.6) is 5.75 Å². The minimum Gasteiger partial charge on any atom is -0.494 e. The summed E-state index contributed by atoms with van der Waals surface area (Å²) >= 11 is 0. The highest BCUT2D eigenvalue weighted by molar-refractivity contribution is 5.39. The third kappa shape index (κ3) is 4.30. The summed E-state index contributed by atoms with van der Waals surface area (Å²) in [4.78, 5) is 0. The van der Waals surface area contributed by atoms with Crippen LogP contribution in [0.15, 0.2) is 48.5 Å². The number of hydrogen-bond donors (Lipinski definition) is 1. The van der Waals surface area contributed by atoms with E-state index in [2.05, 4.69) is 44.2 Å². The molecule has 2 aromatic rings. The minimum atomic E-state index is 0.535. The fourth-order valence-corrected chi connectivity index (χ4v) is 2.11. The molecule has 0 saturated carbocycles. The van der Waals surface area contributed by atoms with E-state index in [1.54, 1.807) is 0 Å². The van der Waals surface area contributed by atoms with Gasteiger partial charge in [0, 0.05) is 5.69 Å². The summed E-state index contributed by atoms with van der Waals surface area (Å²) in [5, 5.41) is 0.